The Labute approximate surface area is 169 Å². The van der Waals surface area contributed by atoms with E-state index < -0.39 is 15.9 Å². The summed E-state index contributed by atoms with van der Waals surface area (Å²) in [6, 6.07) is 13.2. The minimum atomic E-state index is -3.72. The van der Waals surface area contributed by atoms with Crippen molar-refractivity contribution in [3.63, 3.8) is 0 Å². The van der Waals surface area contributed by atoms with Gasteiger partial charge in [0.15, 0.2) is 5.82 Å². The van der Waals surface area contributed by atoms with E-state index >= 15 is 0 Å². The smallest absolute Gasteiger partial charge is 0.206 e. The number of hydrogen-bond donors (Lipinski definition) is 3. The van der Waals surface area contributed by atoms with Gasteiger partial charge in [0, 0.05) is 30.9 Å². The number of nitrogens with zero attached hydrogens (tertiary/aromatic N) is 3. The minimum absolute atomic E-state index is 0.142. The third-order valence-corrected chi connectivity index (χ3v) is 6.58. The first-order valence-corrected chi connectivity index (χ1v) is 10.9. The number of nitrogens with one attached hydrogen (secondary N) is 2. The fraction of sp³-hybridized carbons (Fsp3) is 0.300. The molecular weight excluding hydrogens is 390 g/mol. The fourth-order valence-electron chi connectivity index (χ4n) is 3.38. The van der Waals surface area contributed by atoms with Gasteiger partial charge in [0.2, 0.25) is 9.84 Å². The molecule has 4 rings (SSSR count). The van der Waals surface area contributed by atoms with Crippen LogP contribution < -0.4 is 10.2 Å². The van der Waals surface area contributed by atoms with Gasteiger partial charge in [-0.2, -0.15) is 5.10 Å². The third kappa shape index (κ3) is 4.25. The topological polar surface area (TPSA) is 111 Å². The van der Waals surface area contributed by atoms with E-state index in [9.17, 15) is 13.5 Å². The zero-order chi connectivity index (χ0) is 20.4. The molecule has 1 aliphatic rings. The van der Waals surface area contributed by atoms with Crippen LogP contribution in [0.4, 0.5) is 17.5 Å². The van der Waals surface area contributed by atoms with Crippen molar-refractivity contribution in [1.82, 2.24) is 15.2 Å². The molecule has 152 valence electrons. The molecule has 9 heteroatoms. The summed E-state index contributed by atoms with van der Waals surface area (Å²) in [6.45, 7) is 3.01. The van der Waals surface area contributed by atoms with Crippen LogP contribution in [0.15, 0.2) is 58.3 Å². The zero-order valence-corrected chi connectivity index (χ0v) is 16.9. The number of piperidine rings is 1. The highest BCUT2D eigenvalue weighted by Crippen LogP contribution is 2.29. The van der Waals surface area contributed by atoms with Crippen LogP contribution in [0.3, 0.4) is 0 Å². The summed E-state index contributed by atoms with van der Waals surface area (Å²) in [4.78, 5) is 6.87. The molecule has 8 nitrogen and oxygen atoms in total. The molecular formula is C20H23N5O3S. The second kappa shape index (κ2) is 7.84. The van der Waals surface area contributed by atoms with Crippen LogP contribution in [0.25, 0.3) is 0 Å². The lowest BCUT2D eigenvalue weighted by atomic mass is 10.1. The van der Waals surface area contributed by atoms with E-state index in [1.165, 1.54) is 6.07 Å². The summed E-state index contributed by atoms with van der Waals surface area (Å²) in [5.74, 6) is 1.44. The van der Waals surface area contributed by atoms with Gasteiger partial charge in [-0.25, -0.2) is 13.4 Å². The third-order valence-electron chi connectivity index (χ3n) is 4.83. The number of β-amino-alcohol motifs (C(OH)–C–C–N with tert-alkyl or cyclic N) is 1. The van der Waals surface area contributed by atoms with Crippen LogP contribution in [-0.2, 0) is 9.84 Å². The Hall–Kier alpha value is -2.91. The highest BCUT2D eigenvalue weighted by molar-refractivity contribution is 7.91. The van der Waals surface area contributed by atoms with Crippen LogP contribution in [0.2, 0.25) is 0 Å². The Bertz CT molecular complexity index is 1100. The monoisotopic (exact) mass is 413 g/mol. The molecule has 0 unspecified atom stereocenters. The van der Waals surface area contributed by atoms with Crippen molar-refractivity contribution < 1.29 is 13.5 Å². The molecule has 1 saturated heterocycles. The van der Waals surface area contributed by atoms with Gasteiger partial charge in [0.05, 0.1) is 15.9 Å². The normalized spacial score (nSPS) is 17.3. The van der Waals surface area contributed by atoms with E-state index in [-0.39, 0.29) is 9.79 Å². The molecule has 1 atom stereocenters. The first kappa shape index (κ1) is 19.4. The maximum atomic E-state index is 13.2. The number of aliphatic hydroxyl groups excluding tert-OH is 1. The zero-order valence-electron chi connectivity index (χ0n) is 16.0. The number of rotatable bonds is 5. The van der Waals surface area contributed by atoms with Crippen molar-refractivity contribution in [1.29, 1.82) is 0 Å². The Balaban J connectivity index is 1.77. The lowest BCUT2D eigenvalue weighted by molar-refractivity contribution is 0.154. The number of pyridine rings is 1. The Morgan fingerprint density at radius 1 is 1.14 bits per heavy atom. The predicted octanol–water partition coefficient (Wildman–Crippen LogP) is 2.65. The Morgan fingerprint density at radius 2 is 1.93 bits per heavy atom. The molecule has 0 aliphatic carbocycles. The molecule has 1 aliphatic heterocycles. The van der Waals surface area contributed by atoms with Gasteiger partial charge in [-0.05, 0) is 38.0 Å². The Kier molecular flexibility index (Phi) is 5.25. The number of benzene rings is 1. The molecule has 0 saturated carbocycles. The summed E-state index contributed by atoms with van der Waals surface area (Å²) < 4.78 is 26.4. The van der Waals surface area contributed by atoms with Crippen LogP contribution in [-0.4, -0.2) is 47.9 Å². The van der Waals surface area contributed by atoms with Gasteiger partial charge >= 0.3 is 0 Å². The average Bonchev–Trinajstić information content (AvgIpc) is 3.13. The van der Waals surface area contributed by atoms with Crippen molar-refractivity contribution in [3.05, 3.63) is 54.2 Å². The van der Waals surface area contributed by atoms with Crippen LogP contribution in [0.5, 0.6) is 0 Å². The number of aromatic amines is 1. The van der Waals surface area contributed by atoms with E-state index in [2.05, 4.69) is 20.5 Å². The SMILES string of the molecule is Cc1cc(Nc2cc(S(=O)(=O)c3ccccc3)cc(N3CCC[C@H](O)C3)n2)n[nH]1. The molecule has 0 radical (unpaired) electrons. The number of hydrogen-bond acceptors (Lipinski definition) is 7. The quantitative estimate of drug-likeness (QED) is 0.590. The second-order valence-electron chi connectivity index (χ2n) is 7.17. The van der Waals surface area contributed by atoms with Gasteiger partial charge in [0.1, 0.15) is 11.6 Å². The fourth-order valence-corrected chi connectivity index (χ4v) is 4.70. The summed E-state index contributed by atoms with van der Waals surface area (Å²) in [5.41, 5.74) is 0.875. The van der Waals surface area contributed by atoms with E-state index in [4.69, 9.17) is 0 Å². The maximum Gasteiger partial charge on any atom is 0.206 e. The molecule has 1 fully saturated rings. The van der Waals surface area contributed by atoms with Crippen molar-refractivity contribution >= 4 is 27.3 Å². The van der Waals surface area contributed by atoms with E-state index in [1.54, 1.807) is 36.4 Å². The first-order valence-electron chi connectivity index (χ1n) is 9.46. The van der Waals surface area contributed by atoms with Crippen molar-refractivity contribution in [3.8, 4) is 0 Å². The highest BCUT2D eigenvalue weighted by atomic mass is 32.2. The number of aliphatic hydroxyl groups is 1. The maximum absolute atomic E-state index is 13.2. The van der Waals surface area contributed by atoms with Crippen molar-refractivity contribution in [2.75, 3.05) is 23.3 Å². The molecule has 0 amide bonds. The number of anilines is 3. The van der Waals surface area contributed by atoms with Gasteiger partial charge < -0.3 is 15.3 Å². The van der Waals surface area contributed by atoms with Crippen LogP contribution in [0.1, 0.15) is 18.5 Å². The van der Waals surface area contributed by atoms with Gasteiger partial charge in [-0.3, -0.25) is 5.10 Å². The lowest BCUT2D eigenvalue weighted by Crippen LogP contribution is -2.38. The second-order valence-corrected chi connectivity index (χ2v) is 9.12. The lowest BCUT2D eigenvalue weighted by Gasteiger charge is -2.31. The standard InChI is InChI=1S/C20H23N5O3S/c1-14-10-19(24-23-14)21-18-11-17(29(27,28)16-7-3-2-4-8-16)12-20(22-18)25-9-5-6-15(26)13-25/h2-4,7-8,10-12,15,26H,5-6,9,13H2,1H3,(H2,21,22,23,24)/t15-/m0/s1. The Morgan fingerprint density at radius 3 is 2.62 bits per heavy atom. The molecule has 1 aromatic carbocycles. The summed E-state index contributed by atoms with van der Waals surface area (Å²) in [5, 5.41) is 20.1. The molecule has 0 spiro atoms. The molecule has 3 aromatic rings. The molecule has 3 heterocycles. The van der Waals surface area contributed by atoms with E-state index in [1.807, 2.05) is 17.9 Å². The highest BCUT2D eigenvalue weighted by Gasteiger charge is 2.24. The van der Waals surface area contributed by atoms with Crippen LogP contribution >= 0.6 is 0 Å². The number of aromatic nitrogens is 3. The van der Waals surface area contributed by atoms with Gasteiger partial charge in [-0.15, -0.1) is 0 Å². The molecule has 2 aromatic heterocycles. The van der Waals surface area contributed by atoms with Crippen LogP contribution in [0, 0.1) is 6.92 Å². The number of aryl methyl sites for hydroxylation is 1. The summed E-state index contributed by atoms with van der Waals surface area (Å²) in [7, 11) is -3.72. The van der Waals surface area contributed by atoms with E-state index in [0.29, 0.717) is 30.5 Å². The summed E-state index contributed by atoms with van der Waals surface area (Å²) >= 11 is 0. The van der Waals surface area contributed by atoms with Gasteiger partial charge in [-0.1, -0.05) is 18.2 Å². The summed E-state index contributed by atoms with van der Waals surface area (Å²) in [6.07, 6.45) is 1.10. The van der Waals surface area contributed by atoms with E-state index in [0.717, 1.165) is 18.5 Å². The first-order chi connectivity index (χ1) is 13.9. The number of sulfone groups is 1. The number of H-pyrrole nitrogens is 1. The molecule has 29 heavy (non-hydrogen) atoms. The average molecular weight is 414 g/mol. The molecule has 0 bridgehead atoms. The molecule has 3 N–H and O–H groups in total. The van der Waals surface area contributed by atoms with Crippen molar-refractivity contribution in [2.24, 2.45) is 0 Å². The minimum Gasteiger partial charge on any atom is -0.391 e. The predicted molar refractivity (Wildman–Crippen MR) is 110 cm³/mol. The largest absolute Gasteiger partial charge is 0.391 e. The van der Waals surface area contributed by atoms with Crippen molar-refractivity contribution in [2.45, 2.75) is 35.7 Å². The van der Waals surface area contributed by atoms with Gasteiger partial charge in [0.25, 0.3) is 0 Å².